The fraction of sp³-hybridized carbons (Fsp3) is 0.538. The van der Waals surface area contributed by atoms with Crippen LogP contribution in [0.2, 0.25) is 0 Å². The first-order valence-electron chi connectivity index (χ1n) is 5.68. The van der Waals surface area contributed by atoms with Crippen LogP contribution in [0, 0.1) is 11.2 Å². The van der Waals surface area contributed by atoms with Crippen molar-refractivity contribution in [2.45, 2.75) is 38.6 Å². The molecule has 1 saturated carbocycles. The Bertz CT molecular complexity index is 394. The smallest absolute Gasteiger partial charge is 0.126 e. The molecule has 3 heteroatoms. The fourth-order valence-electron chi connectivity index (χ4n) is 2.67. The SMILES string of the molecule is CC1(Cc2cc(Br)ccc2F)CCC(N)C1. The molecule has 0 spiro atoms. The maximum absolute atomic E-state index is 13.6. The largest absolute Gasteiger partial charge is 0.328 e. The molecule has 1 aromatic carbocycles. The number of halogens is 2. The Hall–Kier alpha value is -0.410. The summed E-state index contributed by atoms with van der Waals surface area (Å²) in [7, 11) is 0. The molecule has 1 nitrogen and oxygen atoms in total. The van der Waals surface area contributed by atoms with Gasteiger partial charge in [-0.2, -0.15) is 0 Å². The van der Waals surface area contributed by atoms with Crippen molar-refractivity contribution in [1.82, 2.24) is 0 Å². The molecule has 88 valence electrons. The summed E-state index contributed by atoms with van der Waals surface area (Å²) in [4.78, 5) is 0. The van der Waals surface area contributed by atoms with Crippen molar-refractivity contribution in [3.8, 4) is 0 Å². The molecular formula is C13H17BrFN. The summed E-state index contributed by atoms with van der Waals surface area (Å²) >= 11 is 3.38. The summed E-state index contributed by atoms with van der Waals surface area (Å²) in [6, 6.07) is 5.43. The normalized spacial score (nSPS) is 29.6. The lowest BCUT2D eigenvalue weighted by Crippen LogP contribution is -2.21. The van der Waals surface area contributed by atoms with Crippen molar-refractivity contribution in [1.29, 1.82) is 0 Å². The Morgan fingerprint density at radius 3 is 2.94 bits per heavy atom. The highest BCUT2D eigenvalue weighted by molar-refractivity contribution is 9.10. The molecule has 0 radical (unpaired) electrons. The fourth-order valence-corrected chi connectivity index (χ4v) is 3.08. The minimum absolute atomic E-state index is 0.107. The Labute approximate surface area is 104 Å². The van der Waals surface area contributed by atoms with E-state index in [4.69, 9.17) is 5.73 Å². The van der Waals surface area contributed by atoms with Crippen LogP contribution in [-0.2, 0) is 6.42 Å². The zero-order chi connectivity index (χ0) is 11.8. The molecule has 0 saturated heterocycles. The van der Waals surface area contributed by atoms with Crippen LogP contribution in [-0.4, -0.2) is 6.04 Å². The van der Waals surface area contributed by atoms with Crippen molar-refractivity contribution in [3.63, 3.8) is 0 Å². The van der Waals surface area contributed by atoms with Gasteiger partial charge in [-0.05, 0) is 54.9 Å². The third kappa shape index (κ3) is 2.64. The second-order valence-electron chi connectivity index (χ2n) is 5.23. The molecule has 0 heterocycles. The van der Waals surface area contributed by atoms with E-state index < -0.39 is 0 Å². The molecule has 0 aliphatic heterocycles. The first kappa shape index (κ1) is 12.1. The predicted octanol–water partition coefficient (Wildman–Crippen LogP) is 3.65. The molecule has 2 N–H and O–H groups in total. The zero-order valence-corrected chi connectivity index (χ0v) is 11.1. The Balaban J connectivity index is 2.17. The van der Waals surface area contributed by atoms with E-state index in [0.717, 1.165) is 35.7 Å². The van der Waals surface area contributed by atoms with Crippen LogP contribution in [0.15, 0.2) is 22.7 Å². The second kappa shape index (κ2) is 4.46. The lowest BCUT2D eigenvalue weighted by Gasteiger charge is -2.24. The van der Waals surface area contributed by atoms with Crippen LogP contribution in [0.1, 0.15) is 31.7 Å². The van der Waals surface area contributed by atoms with E-state index in [1.165, 1.54) is 6.07 Å². The van der Waals surface area contributed by atoms with Gasteiger partial charge < -0.3 is 5.73 Å². The van der Waals surface area contributed by atoms with Gasteiger partial charge in [0, 0.05) is 10.5 Å². The number of rotatable bonds is 2. The Morgan fingerprint density at radius 2 is 2.31 bits per heavy atom. The van der Waals surface area contributed by atoms with E-state index in [9.17, 15) is 4.39 Å². The van der Waals surface area contributed by atoms with Crippen LogP contribution in [0.3, 0.4) is 0 Å². The molecule has 1 aliphatic rings. The molecule has 0 amide bonds. The maximum atomic E-state index is 13.6. The quantitative estimate of drug-likeness (QED) is 0.882. The number of benzene rings is 1. The van der Waals surface area contributed by atoms with Crippen molar-refractivity contribution in [2.75, 3.05) is 0 Å². The van der Waals surface area contributed by atoms with Crippen LogP contribution >= 0.6 is 15.9 Å². The maximum Gasteiger partial charge on any atom is 0.126 e. The van der Waals surface area contributed by atoms with Crippen molar-refractivity contribution in [2.24, 2.45) is 11.1 Å². The van der Waals surface area contributed by atoms with E-state index in [2.05, 4.69) is 22.9 Å². The van der Waals surface area contributed by atoms with Gasteiger partial charge in [0.2, 0.25) is 0 Å². The van der Waals surface area contributed by atoms with Crippen LogP contribution in [0.5, 0.6) is 0 Å². The van der Waals surface area contributed by atoms with Crippen molar-refractivity contribution in [3.05, 3.63) is 34.1 Å². The van der Waals surface area contributed by atoms with Crippen molar-refractivity contribution >= 4 is 15.9 Å². The van der Waals surface area contributed by atoms with Crippen LogP contribution < -0.4 is 5.73 Å². The summed E-state index contributed by atoms with van der Waals surface area (Å²) in [6.07, 6.45) is 3.94. The lowest BCUT2D eigenvalue weighted by molar-refractivity contribution is 0.324. The summed E-state index contributed by atoms with van der Waals surface area (Å²) in [5, 5.41) is 0. The third-order valence-electron chi connectivity index (χ3n) is 3.50. The number of hydrogen-bond donors (Lipinski definition) is 1. The summed E-state index contributed by atoms with van der Waals surface area (Å²) in [6.45, 7) is 2.21. The van der Waals surface area contributed by atoms with E-state index in [1.54, 1.807) is 6.07 Å². The molecule has 0 aromatic heterocycles. The van der Waals surface area contributed by atoms with Gasteiger partial charge in [0.1, 0.15) is 5.82 Å². The monoisotopic (exact) mass is 285 g/mol. The highest BCUT2D eigenvalue weighted by atomic mass is 79.9. The lowest BCUT2D eigenvalue weighted by atomic mass is 9.82. The molecule has 16 heavy (non-hydrogen) atoms. The highest BCUT2D eigenvalue weighted by Crippen LogP contribution is 2.40. The van der Waals surface area contributed by atoms with E-state index in [-0.39, 0.29) is 11.2 Å². The molecule has 0 bridgehead atoms. The third-order valence-corrected chi connectivity index (χ3v) is 3.99. The van der Waals surface area contributed by atoms with Gasteiger partial charge in [-0.15, -0.1) is 0 Å². The number of nitrogens with two attached hydrogens (primary N) is 1. The number of hydrogen-bond acceptors (Lipinski definition) is 1. The summed E-state index contributed by atoms with van der Waals surface area (Å²) in [5.41, 5.74) is 6.89. The van der Waals surface area contributed by atoms with Gasteiger partial charge in [0.25, 0.3) is 0 Å². The van der Waals surface area contributed by atoms with Gasteiger partial charge in [0.05, 0.1) is 0 Å². The average Bonchev–Trinajstić information content (AvgIpc) is 2.52. The highest BCUT2D eigenvalue weighted by Gasteiger charge is 2.33. The first-order valence-corrected chi connectivity index (χ1v) is 6.47. The average molecular weight is 286 g/mol. The molecule has 2 unspecified atom stereocenters. The van der Waals surface area contributed by atoms with Gasteiger partial charge in [-0.3, -0.25) is 0 Å². The van der Waals surface area contributed by atoms with Gasteiger partial charge in [-0.25, -0.2) is 4.39 Å². The van der Waals surface area contributed by atoms with E-state index >= 15 is 0 Å². The minimum Gasteiger partial charge on any atom is -0.328 e. The molecule has 1 aliphatic carbocycles. The molecular weight excluding hydrogens is 269 g/mol. The van der Waals surface area contributed by atoms with Crippen LogP contribution in [0.25, 0.3) is 0 Å². The topological polar surface area (TPSA) is 26.0 Å². The summed E-state index contributed by atoms with van der Waals surface area (Å²) < 4.78 is 14.6. The molecule has 1 fully saturated rings. The van der Waals surface area contributed by atoms with Gasteiger partial charge >= 0.3 is 0 Å². The van der Waals surface area contributed by atoms with Crippen LogP contribution in [0.4, 0.5) is 4.39 Å². The van der Waals surface area contributed by atoms with Gasteiger partial charge in [0.15, 0.2) is 0 Å². The second-order valence-corrected chi connectivity index (χ2v) is 6.14. The van der Waals surface area contributed by atoms with E-state index in [0.29, 0.717) is 6.04 Å². The van der Waals surface area contributed by atoms with Gasteiger partial charge in [-0.1, -0.05) is 22.9 Å². The summed E-state index contributed by atoms with van der Waals surface area (Å²) in [5.74, 6) is -0.107. The zero-order valence-electron chi connectivity index (χ0n) is 9.47. The minimum atomic E-state index is -0.107. The Kier molecular flexibility index (Phi) is 3.36. The Morgan fingerprint density at radius 1 is 1.56 bits per heavy atom. The molecule has 2 atom stereocenters. The molecule has 1 aromatic rings. The van der Waals surface area contributed by atoms with Crippen molar-refractivity contribution < 1.29 is 4.39 Å². The van der Waals surface area contributed by atoms with E-state index in [1.807, 2.05) is 6.07 Å². The standard InChI is InChI=1S/C13H17BrFN/c1-13(5-4-11(16)8-13)7-9-6-10(14)2-3-12(9)15/h2-3,6,11H,4-5,7-8,16H2,1H3. The molecule has 2 rings (SSSR count). The predicted molar refractivity (Wildman–Crippen MR) is 67.7 cm³/mol. The first-order chi connectivity index (χ1) is 7.48.